The molecule has 170 valence electrons. The van der Waals surface area contributed by atoms with Crippen molar-refractivity contribution in [1.82, 2.24) is 15.5 Å². The summed E-state index contributed by atoms with van der Waals surface area (Å²) < 4.78 is 0. The van der Waals surface area contributed by atoms with Crippen LogP contribution in [-0.4, -0.2) is 36.9 Å². The van der Waals surface area contributed by atoms with Crippen LogP contribution in [0.25, 0.3) is 0 Å². The van der Waals surface area contributed by atoms with Crippen molar-refractivity contribution in [3.8, 4) is 0 Å². The van der Waals surface area contributed by atoms with Crippen LogP contribution in [0.15, 0.2) is 89.9 Å². The summed E-state index contributed by atoms with van der Waals surface area (Å²) in [5.41, 5.74) is 4.89. The Morgan fingerprint density at radius 1 is 0.909 bits per heavy atom. The number of rotatable bonds is 8. The first-order valence-electron chi connectivity index (χ1n) is 11.6. The second-order valence-corrected chi connectivity index (χ2v) is 8.42. The Morgan fingerprint density at radius 2 is 1.58 bits per heavy atom. The zero-order valence-electron chi connectivity index (χ0n) is 19.2. The lowest BCUT2D eigenvalue weighted by molar-refractivity contribution is -0.128. The number of carbonyl (C=O) groups is 1. The predicted octanol–water partition coefficient (Wildman–Crippen LogP) is 4.31. The van der Waals surface area contributed by atoms with Gasteiger partial charge in [0.05, 0.1) is 0 Å². The van der Waals surface area contributed by atoms with E-state index in [2.05, 4.69) is 88.4 Å². The third kappa shape index (κ3) is 6.22. The molecular weight excluding hydrogens is 408 g/mol. The minimum Gasteiger partial charge on any atom is -0.355 e. The van der Waals surface area contributed by atoms with Crippen LogP contribution >= 0.6 is 0 Å². The van der Waals surface area contributed by atoms with Crippen LogP contribution in [0, 0.1) is 0 Å². The number of aliphatic imine (C=N–C) groups is 1. The van der Waals surface area contributed by atoms with Gasteiger partial charge in [0.15, 0.2) is 5.96 Å². The van der Waals surface area contributed by atoms with E-state index in [1.807, 2.05) is 17.0 Å². The molecule has 1 aliphatic rings. The lowest BCUT2D eigenvalue weighted by atomic mass is 9.91. The van der Waals surface area contributed by atoms with Crippen molar-refractivity contribution < 1.29 is 4.79 Å². The Balaban J connectivity index is 1.36. The molecule has 2 N–H and O–H groups in total. The van der Waals surface area contributed by atoms with E-state index in [1.54, 1.807) is 7.05 Å². The van der Waals surface area contributed by atoms with Crippen molar-refractivity contribution in [2.45, 2.75) is 31.8 Å². The SMILES string of the molecule is CN=C(NCc1cccc(CN2CCCC2=O)c1)NCC(c1ccccc1)c1ccccc1. The van der Waals surface area contributed by atoms with E-state index >= 15 is 0 Å². The van der Waals surface area contributed by atoms with E-state index in [4.69, 9.17) is 0 Å². The third-order valence-electron chi connectivity index (χ3n) is 6.10. The molecule has 0 radical (unpaired) electrons. The predicted molar refractivity (Wildman–Crippen MR) is 134 cm³/mol. The molecule has 0 bridgehead atoms. The van der Waals surface area contributed by atoms with Crippen LogP contribution < -0.4 is 10.6 Å². The van der Waals surface area contributed by atoms with E-state index in [9.17, 15) is 4.79 Å². The summed E-state index contributed by atoms with van der Waals surface area (Å²) in [6.45, 7) is 2.96. The Hall–Kier alpha value is -3.60. The average molecular weight is 441 g/mol. The third-order valence-corrected chi connectivity index (χ3v) is 6.10. The number of benzene rings is 3. The molecule has 0 spiro atoms. The summed E-state index contributed by atoms with van der Waals surface area (Å²) in [7, 11) is 1.80. The van der Waals surface area contributed by atoms with Gasteiger partial charge in [0.25, 0.3) is 0 Å². The molecule has 5 nitrogen and oxygen atoms in total. The number of hydrogen-bond acceptors (Lipinski definition) is 2. The molecule has 1 fully saturated rings. The molecule has 3 aromatic rings. The number of nitrogens with one attached hydrogen (secondary N) is 2. The van der Waals surface area contributed by atoms with E-state index in [1.165, 1.54) is 22.3 Å². The monoisotopic (exact) mass is 440 g/mol. The molecule has 5 heteroatoms. The van der Waals surface area contributed by atoms with Crippen molar-refractivity contribution in [3.05, 3.63) is 107 Å². The lowest BCUT2D eigenvalue weighted by Gasteiger charge is -2.21. The van der Waals surface area contributed by atoms with Crippen molar-refractivity contribution >= 4 is 11.9 Å². The first-order chi connectivity index (χ1) is 16.2. The van der Waals surface area contributed by atoms with Gasteiger partial charge < -0.3 is 15.5 Å². The van der Waals surface area contributed by atoms with E-state index in [-0.39, 0.29) is 11.8 Å². The van der Waals surface area contributed by atoms with Gasteiger partial charge in [0, 0.05) is 45.6 Å². The molecule has 4 rings (SSSR count). The number of hydrogen-bond donors (Lipinski definition) is 2. The minimum atomic E-state index is 0.229. The molecule has 1 aliphatic heterocycles. The van der Waals surface area contributed by atoms with Gasteiger partial charge in [0.2, 0.25) is 5.91 Å². The van der Waals surface area contributed by atoms with Crippen molar-refractivity contribution in [3.63, 3.8) is 0 Å². The fraction of sp³-hybridized carbons (Fsp3) is 0.286. The summed E-state index contributed by atoms with van der Waals surface area (Å²) in [5.74, 6) is 1.26. The maximum Gasteiger partial charge on any atom is 0.222 e. The molecular formula is C28H32N4O. The summed E-state index contributed by atoms with van der Waals surface area (Å²) in [6.07, 6.45) is 1.64. The number of amides is 1. The molecule has 1 amide bonds. The fourth-order valence-corrected chi connectivity index (χ4v) is 4.33. The first-order valence-corrected chi connectivity index (χ1v) is 11.6. The minimum absolute atomic E-state index is 0.229. The Labute approximate surface area is 196 Å². The zero-order valence-corrected chi connectivity index (χ0v) is 19.2. The average Bonchev–Trinajstić information content (AvgIpc) is 3.27. The standard InChI is InChI=1S/C28H32N4O/c1-29-28(30-19-22-10-8-11-23(18-22)21-32-17-9-16-27(32)33)31-20-26(24-12-4-2-5-13-24)25-14-6-3-7-15-25/h2-8,10-15,18,26H,9,16-17,19-21H2,1H3,(H2,29,30,31). The largest absolute Gasteiger partial charge is 0.355 e. The van der Waals surface area contributed by atoms with Crippen molar-refractivity contribution in [1.29, 1.82) is 0 Å². The van der Waals surface area contributed by atoms with Crippen molar-refractivity contribution in [2.75, 3.05) is 20.1 Å². The molecule has 1 saturated heterocycles. The normalized spacial score (nSPS) is 14.1. The Bertz CT molecular complexity index is 1030. The highest BCUT2D eigenvalue weighted by Crippen LogP contribution is 2.23. The smallest absolute Gasteiger partial charge is 0.222 e. The van der Waals surface area contributed by atoms with Crippen molar-refractivity contribution in [2.24, 2.45) is 4.99 Å². The molecule has 0 saturated carbocycles. The van der Waals surface area contributed by atoms with E-state index in [0.29, 0.717) is 19.5 Å². The highest BCUT2D eigenvalue weighted by Gasteiger charge is 2.20. The Morgan fingerprint density at radius 3 is 2.18 bits per heavy atom. The molecule has 0 aliphatic carbocycles. The van der Waals surface area contributed by atoms with Gasteiger partial charge in [-0.1, -0.05) is 84.9 Å². The van der Waals surface area contributed by atoms with Crippen LogP contribution in [0.4, 0.5) is 0 Å². The number of carbonyl (C=O) groups excluding carboxylic acids is 1. The molecule has 3 aromatic carbocycles. The topological polar surface area (TPSA) is 56.7 Å². The highest BCUT2D eigenvalue weighted by atomic mass is 16.2. The van der Waals surface area contributed by atoms with E-state index in [0.717, 1.165) is 25.5 Å². The zero-order chi connectivity index (χ0) is 22.9. The molecule has 1 heterocycles. The van der Waals surface area contributed by atoms with Crippen LogP contribution in [0.3, 0.4) is 0 Å². The molecule has 0 unspecified atom stereocenters. The van der Waals surface area contributed by atoms with Crippen LogP contribution in [-0.2, 0) is 17.9 Å². The van der Waals surface area contributed by atoms with Gasteiger partial charge in [-0.3, -0.25) is 9.79 Å². The van der Waals surface area contributed by atoms with Gasteiger partial charge in [-0.05, 0) is 28.7 Å². The molecule has 0 atom stereocenters. The second-order valence-electron chi connectivity index (χ2n) is 8.42. The summed E-state index contributed by atoms with van der Waals surface area (Å²) in [5, 5.41) is 6.93. The summed E-state index contributed by atoms with van der Waals surface area (Å²) in [6, 6.07) is 29.5. The molecule has 0 aromatic heterocycles. The Kier molecular flexibility index (Phi) is 7.75. The summed E-state index contributed by atoms with van der Waals surface area (Å²) >= 11 is 0. The van der Waals surface area contributed by atoms with Gasteiger partial charge in [-0.2, -0.15) is 0 Å². The van der Waals surface area contributed by atoms with Gasteiger partial charge in [-0.25, -0.2) is 0 Å². The first kappa shape index (κ1) is 22.6. The van der Waals surface area contributed by atoms with Gasteiger partial charge in [-0.15, -0.1) is 0 Å². The summed E-state index contributed by atoms with van der Waals surface area (Å²) in [4.78, 5) is 18.3. The maximum atomic E-state index is 11.9. The van der Waals surface area contributed by atoms with Gasteiger partial charge >= 0.3 is 0 Å². The maximum absolute atomic E-state index is 11.9. The fourth-order valence-electron chi connectivity index (χ4n) is 4.33. The second kappa shape index (κ2) is 11.3. The number of guanidine groups is 1. The van der Waals surface area contributed by atoms with Gasteiger partial charge in [0.1, 0.15) is 0 Å². The molecule has 33 heavy (non-hydrogen) atoms. The van der Waals surface area contributed by atoms with Crippen LogP contribution in [0.5, 0.6) is 0 Å². The lowest BCUT2D eigenvalue weighted by Crippen LogP contribution is -2.39. The van der Waals surface area contributed by atoms with E-state index < -0.39 is 0 Å². The highest BCUT2D eigenvalue weighted by molar-refractivity contribution is 5.79. The number of nitrogens with zero attached hydrogens (tertiary/aromatic N) is 2. The quantitative estimate of drug-likeness (QED) is 0.405. The number of likely N-dealkylation sites (tertiary alicyclic amines) is 1. The van der Waals surface area contributed by atoms with Crippen LogP contribution in [0.2, 0.25) is 0 Å². The van der Waals surface area contributed by atoms with Crippen LogP contribution in [0.1, 0.15) is 41.0 Å².